The van der Waals surface area contributed by atoms with Crippen LogP contribution in [0.25, 0.3) is 0 Å². The van der Waals surface area contributed by atoms with Gasteiger partial charge in [-0.1, -0.05) is 37.3 Å². The van der Waals surface area contributed by atoms with Gasteiger partial charge < -0.3 is 16.0 Å². The predicted octanol–water partition coefficient (Wildman–Crippen LogP) is 3.03. The molecule has 1 unspecified atom stereocenters. The maximum atomic E-state index is 12.1. The molecule has 27 heavy (non-hydrogen) atoms. The third-order valence-corrected chi connectivity index (χ3v) is 4.07. The number of rotatable bonds is 8. The Labute approximate surface area is 159 Å². The molecule has 0 fully saturated rings. The van der Waals surface area contributed by atoms with Crippen molar-refractivity contribution in [1.29, 1.82) is 0 Å². The zero-order chi connectivity index (χ0) is 19.6. The van der Waals surface area contributed by atoms with E-state index in [9.17, 15) is 14.4 Å². The van der Waals surface area contributed by atoms with E-state index >= 15 is 0 Å². The molecule has 6 heteroatoms. The minimum atomic E-state index is -0.193. The summed E-state index contributed by atoms with van der Waals surface area (Å²) in [5, 5.41) is 8.42. The lowest BCUT2D eigenvalue weighted by molar-refractivity contribution is -0.121. The highest BCUT2D eigenvalue weighted by atomic mass is 16.2. The molecule has 2 aromatic rings. The average molecular weight is 367 g/mol. The van der Waals surface area contributed by atoms with Crippen LogP contribution in [0.2, 0.25) is 0 Å². The Bertz CT molecular complexity index is 773. The van der Waals surface area contributed by atoms with E-state index < -0.39 is 0 Å². The summed E-state index contributed by atoms with van der Waals surface area (Å²) in [4.78, 5) is 35.4. The second kappa shape index (κ2) is 10.1. The number of amides is 3. The molecule has 3 amide bonds. The van der Waals surface area contributed by atoms with E-state index in [0.29, 0.717) is 12.0 Å². The molecule has 0 aliphatic carbocycles. The molecule has 0 radical (unpaired) electrons. The fraction of sp³-hybridized carbons (Fsp3) is 0.286. The second-order valence-corrected chi connectivity index (χ2v) is 6.18. The summed E-state index contributed by atoms with van der Waals surface area (Å²) in [6.45, 7) is 3.96. The lowest BCUT2D eigenvalue weighted by Crippen LogP contribution is -2.32. The van der Waals surface area contributed by atoms with E-state index in [0.717, 1.165) is 11.3 Å². The van der Waals surface area contributed by atoms with Gasteiger partial charge in [-0.3, -0.25) is 14.4 Å². The summed E-state index contributed by atoms with van der Waals surface area (Å²) in [7, 11) is 0. The second-order valence-electron chi connectivity index (χ2n) is 6.18. The molecule has 2 aromatic carbocycles. The molecule has 142 valence electrons. The fourth-order valence-electron chi connectivity index (χ4n) is 2.48. The van der Waals surface area contributed by atoms with Crippen LogP contribution in [-0.2, 0) is 9.59 Å². The monoisotopic (exact) mass is 367 g/mol. The summed E-state index contributed by atoms with van der Waals surface area (Å²) in [6, 6.07) is 16.1. The van der Waals surface area contributed by atoms with Crippen LogP contribution in [0.1, 0.15) is 48.7 Å². The zero-order valence-corrected chi connectivity index (χ0v) is 15.6. The van der Waals surface area contributed by atoms with Crippen LogP contribution >= 0.6 is 0 Å². The lowest BCUT2D eigenvalue weighted by Gasteiger charge is -2.15. The Hall–Kier alpha value is -3.15. The predicted molar refractivity (Wildman–Crippen MR) is 105 cm³/mol. The lowest BCUT2D eigenvalue weighted by atomic mass is 10.1. The highest BCUT2D eigenvalue weighted by molar-refractivity contribution is 5.94. The average Bonchev–Trinajstić information content (AvgIpc) is 2.68. The van der Waals surface area contributed by atoms with E-state index in [4.69, 9.17) is 0 Å². The molecular formula is C21H25N3O3. The molecule has 2 rings (SSSR count). The number of nitrogens with one attached hydrogen (secondary N) is 3. The van der Waals surface area contributed by atoms with Crippen LogP contribution in [0.15, 0.2) is 54.6 Å². The van der Waals surface area contributed by atoms with Crippen molar-refractivity contribution in [3.63, 3.8) is 0 Å². The molecule has 6 nitrogen and oxygen atoms in total. The van der Waals surface area contributed by atoms with Crippen molar-refractivity contribution in [1.82, 2.24) is 10.6 Å². The Morgan fingerprint density at radius 2 is 1.59 bits per heavy atom. The molecule has 0 heterocycles. The van der Waals surface area contributed by atoms with Crippen molar-refractivity contribution in [3.8, 4) is 0 Å². The summed E-state index contributed by atoms with van der Waals surface area (Å²) < 4.78 is 0. The van der Waals surface area contributed by atoms with Crippen LogP contribution < -0.4 is 16.0 Å². The normalized spacial score (nSPS) is 11.3. The van der Waals surface area contributed by atoms with Gasteiger partial charge in [0, 0.05) is 30.6 Å². The molecule has 0 aliphatic rings. The molecule has 0 saturated carbocycles. The smallest absolute Gasteiger partial charge is 0.251 e. The van der Waals surface area contributed by atoms with Crippen LogP contribution in [0.5, 0.6) is 0 Å². The first-order valence-corrected chi connectivity index (χ1v) is 9.02. The number of carbonyl (C=O) groups is 3. The molecule has 0 aromatic heterocycles. The first-order valence-electron chi connectivity index (χ1n) is 9.02. The molecule has 3 N–H and O–H groups in total. The summed E-state index contributed by atoms with van der Waals surface area (Å²) in [6.07, 6.45) is 0.628. The van der Waals surface area contributed by atoms with Gasteiger partial charge in [-0.15, -0.1) is 0 Å². The van der Waals surface area contributed by atoms with Gasteiger partial charge >= 0.3 is 0 Å². The largest absolute Gasteiger partial charge is 0.352 e. The van der Waals surface area contributed by atoms with Crippen LogP contribution in [0.3, 0.4) is 0 Å². The first kappa shape index (κ1) is 20.2. The van der Waals surface area contributed by atoms with E-state index in [1.165, 1.54) is 0 Å². The summed E-state index contributed by atoms with van der Waals surface area (Å²) in [5.74, 6) is -0.373. The Balaban J connectivity index is 1.76. The van der Waals surface area contributed by atoms with E-state index in [1.807, 2.05) is 37.3 Å². The maximum absolute atomic E-state index is 12.1. The SMILES string of the molecule is CCC(=O)Nc1ccc(C(C)NC(=O)CCNC(=O)c2ccccc2)cc1. The molecule has 0 saturated heterocycles. The Morgan fingerprint density at radius 3 is 2.22 bits per heavy atom. The molecule has 0 spiro atoms. The molecular weight excluding hydrogens is 342 g/mol. The standard InChI is InChI=1S/C21H25N3O3/c1-3-19(25)24-18-11-9-16(10-12-18)15(2)23-20(26)13-14-22-21(27)17-7-5-4-6-8-17/h4-12,15H,3,13-14H2,1-2H3,(H,22,27)(H,23,26)(H,24,25). The van der Waals surface area contributed by atoms with Gasteiger partial charge in [0.2, 0.25) is 11.8 Å². The quantitative estimate of drug-likeness (QED) is 0.670. The number of benzene rings is 2. The highest BCUT2D eigenvalue weighted by Gasteiger charge is 2.11. The number of hydrogen-bond donors (Lipinski definition) is 3. The zero-order valence-electron chi connectivity index (χ0n) is 15.6. The molecule has 1 atom stereocenters. The first-order chi connectivity index (χ1) is 13.0. The number of hydrogen-bond acceptors (Lipinski definition) is 3. The van der Waals surface area contributed by atoms with Gasteiger partial charge in [0.25, 0.3) is 5.91 Å². The molecule has 0 aliphatic heterocycles. The third-order valence-electron chi connectivity index (χ3n) is 4.07. The fourth-order valence-corrected chi connectivity index (χ4v) is 2.48. The van der Waals surface area contributed by atoms with Crippen molar-refractivity contribution in [3.05, 3.63) is 65.7 Å². The third kappa shape index (κ3) is 6.58. The van der Waals surface area contributed by atoms with Crippen molar-refractivity contribution in [2.45, 2.75) is 32.7 Å². The molecule has 0 bridgehead atoms. The summed E-state index contributed by atoms with van der Waals surface area (Å²) >= 11 is 0. The van der Waals surface area contributed by atoms with Crippen molar-refractivity contribution >= 4 is 23.4 Å². The van der Waals surface area contributed by atoms with Crippen LogP contribution in [-0.4, -0.2) is 24.3 Å². The van der Waals surface area contributed by atoms with Crippen molar-refractivity contribution < 1.29 is 14.4 Å². The van der Waals surface area contributed by atoms with Crippen molar-refractivity contribution in [2.75, 3.05) is 11.9 Å². The maximum Gasteiger partial charge on any atom is 0.251 e. The van der Waals surface area contributed by atoms with E-state index in [1.54, 1.807) is 31.2 Å². The number of carbonyl (C=O) groups excluding carboxylic acids is 3. The van der Waals surface area contributed by atoms with Crippen LogP contribution in [0.4, 0.5) is 5.69 Å². The van der Waals surface area contributed by atoms with Gasteiger partial charge in [-0.25, -0.2) is 0 Å². The Morgan fingerprint density at radius 1 is 0.926 bits per heavy atom. The van der Waals surface area contributed by atoms with Gasteiger partial charge in [-0.05, 0) is 36.8 Å². The van der Waals surface area contributed by atoms with Gasteiger partial charge in [0.1, 0.15) is 0 Å². The van der Waals surface area contributed by atoms with Gasteiger partial charge in [0.05, 0.1) is 6.04 Å². The van der Waals surface area contributed by atoms with Gasteiger partial charge in [-0.2, -0.15) is 0 Å². The van der Waals surface area contributed by atoms with Crippen LogP contribution in [0, 0.1) is 0 Å². The summed E-state index contributed by atoms with van der Waals surface area (Å²) in [5.41, 5.74) is 2.24. The minimum Gasteiger partial charge on any atom is -0.352 e. The van der Waals surface area contributed by atoms with Crippen molar-refractivity contribution in [2.24, 2.45) is 0 Å². The number of anilines is 1. The van der Waals surface area contributed by atoms with E-state index in [-0.39, 0.29) is 36.7 Å². The van der Waals surface area contributed by atoms with Gasteiger partial charge in [0.15, 0.2) is 0 Å². The Kier molecular flexibility index (Phi) is 7.55. The topological polar surface area (TPSA) is 87.3 Å². The minimum absolute atomic E-state index is 0.0401. The van der Waals surface area contributed by atoms with E-state index in [2.05, 4.69) is 16.0 Å². The highest BCUT2D eigenvalue weighted by Crippen LogP contribution is 2.16.